The van der Waals surface area contributed by atoms with E-state index in [1.165, 1.54) is 0 Å². The summed E-state index contributed by atoms with van der Waals surface area (Å²) >= 11 is 0. The number of aliphatic hydroxyl groups is 1. The van der Waals surface area contributed by atoms with E-state index in [0.717, 1.165) is 25.7 Å². The van der Waals surface area contributed by atoms with Gasteiger partial charge in [-0.15, -0.1) is 0 Å². The van der Waals surface area contributed by atoms with Crippen molar-refractivity contribution in [2.24, 2.45) is 29.1 Å². The average molecular weight is 422 g/mol. The molecule has 2 rings (SSSR count). The lowest BCUT2D eigenvalue weighted by molar-refractivity contribution is -0.150. The van der Waals surface area contributed by atoms with Crippen LogP contribution in [-0.4, -0.2) is 61.3 Å². The van der Waals surface area contributed by atoms with Crippen LogP contribution >= 0.6 is 0 Å². The Bertz CT molecular complexity index is 649. The summed E-state index contributed by atoms with van der Waals surface area (Å²) in [5, 5.41) is 23.3. The number of fused-ring (bicyclic) bond motifs is 1. The molecule has 7 heteroatoms. The topological polar surface area (TPSA) is 103 Å². The van der Waals surface area contributed by atoms with Gasteiger partial charge in [-0.1, -0.05) is 20.8 Å². The first-order chi connectivity index (χ1) is 14.2. The molecule has 0 bridgehead atoms. The molecule has 30 heavy (non-hydrogen) atoms. The number of hydrogen-bond acceptors (Lipinski definition) is 5. The highest BCUT2D eigenvalue weighted by Crippen LogP contribution is 2.55. The highest BCUT2D eigenvalue weighted by molar-refractivity contribution is 5.78. The fourth-order valence-corrected chi connectivity index (χ4v) is 5.83. The molecule has 0 heterocycles. The molecule has 0 aromatic rings. The van der Waals surface area contributed by atoms with E-state index < -0.39 is 6.10 Å². The Hall–Kier alpha value is -1.65. The van der Waals surface area contributed by atoms with Crippen molar-refractivity contribution < 1.29 is 19.4 Å². The molecular formula is C23H39N3O4. The molecule has 2 aliphatic rings. The number of nitriles is 1. The van der Waals surface area contributed by atoms with E-state index in [1.54, 1.807) is 19.1 Å². The number of amides is 2. The lowest BCUT2D eigenvalue weighted by Crippen LogP contribution is -2.58. The van der Waals surface area contributed by atoms with Gasteiger partial charge < -0.3 is 20.1 Å². The van der Waals surface area contributed by atoms with E-state index in [4.69, 9.17) is 10.00 Å². The molecule has 2 amide bonds. The SMILES string of the molecule is COCCC(=O)N[C@H]1CC[C@]2(C)CC[C@H]([C@H](C)C(=O)N(C)CCC#N)[C@H](O)[C@H]2[C@@H]1C. The number of nitrogens with zero attached hydrogens (tertiary/aromatic N) is 2. The van der Waals surface area contributed by atoms with Crippen LogP contribution in [-0.2, 0) is 14.3 Å². The van der Waals surface area contributed by atoms with Gasteiger partial charge in [0.25, 0.3) is 0 Å². The Kier molecular flexibility index (Phi) is 8.69. The largest absolute Gasteiger partial charge is 0.392 e. The van der Waals surface area contributed by atoms with Crippen molar-refractivity contribution in [3.05, 3.63) is 0 Å². The summed E-state index contributed by atoms with van der Waals surface area (Å²) < 4.78 is 5.00. The summed E-state index contributed by atoms with van der Waals surface area (Å²) in [6.07, 6.45) is 3.75. The number of methoxy groups -OCH3 is 1. The molecule has 0 saturated heterocycles. The molecule has 0 unspecified atom stereocenters. The molecule has 2 aliphatic carbocycles. The van der Waals surface area contributed by atoms with Crippen molar-refractivity contribution in [2.75, 3.05) is 27.3 Å². The minimum atomic E-state index is -0.583. The maximum absolute atomic E-state index is 12.9. The van der Waals surface area contributed by atoms with Gasteiger partial charge in [-0.3, -0.25) is 9.59 Å². The van der Waals surface area contributed by atoms with Gasteiger partial charge >= 0.3 is 0 Å². The molecular weight excluding hydrogens is 382 g/mol. The van der Waals surface area contributed by atoms with Crippen molar-refractivity contribution in [1.82, 2.24) is 10.2 Å². The van der Waals surface area contributed by atoms with Crippen LogP contribution in [0, 0.1) is 40.4 Å². The quantitative estimate of drug-likeness (QED) is 0.626. The van der Waals surface area contributed by atoms with Crippen LogP contribution in [0.3, 0.4) is 0 Å². The van der Waals surface area contributed by atoms with Gasteiger partial charge in [0, 0.05) is 39.1 Å². The Balaban J connectivity index is 2.10. The summed E-state index contributed by atoms with van der Waals surface area (Å²) in [6, 6.07) is 2.11. The smallest absolute Gasteiger partial charge is 0.225 e. The summed E-state index contributed by atoms with van der Waals surface area (Å²) in [4.78, 5) is 26.7. The molecule has 170 valence electrons. The normalized spacial score (nSPS) is 34.4. The molecule has 0 aliphatic heterocycles. The molecule has 7 nitrogen and oxygen atoms in total. The molecule has 2 N–H and O–H groups in total. The van der Waals surface area contributed by atoms with E-state index in [1.807, 2.05) is 6.92 Å². The Labute approximate surface area is 181 Å². The van der Waals surface area contributed by atoms with Gasteiger partial charge in [0.2, 0.25) is 11.8 Å². The van der Waals surface area contributed by atoms with Crippen LogP contribution < -0.4 is 5.32 Å². The first-order valence-corrected chi connectivity index (χ1v) is 11.2. The van der Waals surface area contributed by atoms with Gasteiger partial charge in [-0.25, -0.2) is 0 Å². The predicted octanol–water partition coefficient (Wildman–Crippen LogP) is 2.34. The Morgan fingerprint density at radius 1 is 1.37 bits per heavy atom. The monoisotopic (exact) mass is 421 g/mol. The minimum absolute atomic E-state index is 0.00853. The van der Waals surface area contributed by atoms with Gasteiger partial charge in [0.15, 0.2) is 0 Å². The number of ether oxygens (including phenoxy) is 1. The zero-order chi connectivity index (χ0) is 22.5. The minimum Gasteiger partial charge on any atom is -0.392 e. The van der Waals surface area contributed by atoms with Crippen LogP contribution in [0.15, 0.2) is 0 Å². The van der Waals surface area contributed by atoms with Gasteiger partial charge in [-0.05, 0) is 48.9 Å². The van der Waals surface area contributed by atoms with Crippen molar-refractivity contribution in [3.8, 4) is 6.07 Å². The molecule has 0 spiro atoms. The molecule has 7 atom stereocenters. The third-order valence-corrected chi connectivity index (χ3v) is 7.73. The average Bonchev–Trinajstić information content (AvgIpc) is 2.71. The van der Waals surface area contributed by atoms with E-state index in [-0.39, 0.29) is 46.9 Å². The molecule has 2 saturated carbocycles. The van der Waals surface area contributed by atoms with Crippen LogP contribution in [0.25, 0.3) is 0 Å². The van der Waals surface area contributed by atoms with Crippen LogP contribution in [0.1, 0.15) is 59.3 Å². The number of hydrogen-bond donors (Lipinski definition) is 2. The predicted molar refractivity (Wildman–Crippen MR) is 114 cm³/mol. The second kappa shape index (κ2) is 10.6. The highest BCUT2D eigenvalue weighted by Gasteiger charge is 2.54. The van der Waals surface area contributed by atoms with E-state index in [2.05, 4.69) is 25.2 Å². The second-order valence-electron chi connectivity index (χ2n) is 9.64. The lowest BCUT2D eigenvalue weighted by atomic mass is 9.51. The maximum atomic E-state index is 12.9. The lowest BCUT2D eigenvalue weighted by Gasteiger charge is -2.56. The van der Waals surface area contributed by atoms with Gasteiger partial charge in [-0.2, -0.15) is 5.26 Å². The number of nitrogens with one attached hydrogen (secondary N) is 1. The molecule has 0 aromatic heterocycles. The fourth-order valence-electron chi connectivity index (χ4n) is 5.83. The van der Waals surface area contributed by atoms with Crippen LogP contribution in [0.5, 0.6) is 0 Å². The highest BCUT2D eigenvalue weighted by atomic mass is 16.5. The standard InChI is InChI=1S/C23H39N3O4/c1-15(22(29)26(4)13-6-12-24)17-7-10-23(3)11-8-18(16(2)20(23)21(17)28)25-19(27)9-14-30-5/h15-18,20-21,28H,6-11,13-14H2,1-5H3,(H,25,27)/t15-,16+,17+,18-,20+,21-,23-/m0/s1. The van der Waals surface area contributed by atoms with Gasteiger partial charge in [0.1, 0.15) is 0 Å². The zero-order valence-electron chi connectivity index (χ0n) is 19.2. The van der Waals surface area contributed by atoms with E-state index >= 15 is 0 Å². The van der Waals surface area contributed by atoms with Crippen LogP contribution in [0.2, 0.25) is 0 Å². The maximum Gasteiger partial charge on any atom is 0.225 e. The van der Waals surface area contributed by atoms with Crippen LogP contribution in [0.4, 0.5) is 0 Å². The number of carbonyl (C=O) groups excluding carboxylic acids is 2. The van der Waals surface area contributed by atoms with E-state index in [0.29, 0.717) is 26.0 Å². The molecule has 0 aromatic carbocycles. The van der Waals surface area contributed by atoms with Gasteiger partial charge in [0.05, 0.1) is 25.2 Å². The van der Waals surface area contributed by atoms with Crippen molar-refractivity contribution in [3.63, 3.8) is 0 Å². The zero-order valence-corrected chi connectivity index (χ0v) is 19.2. The first kappa shape index (κ1) is 24.6. The third kappa shape index (κ3) is 5.33. The van der Waals surface area contributed by atoms with Crippen molar-refractivity contribution in [1.29, 1.82) is 5.26 Å². The second-order valence-corrected chi connectivity index (χ2v) is 9.64. The van der Waals surface area contributed by atoms with Crippen molar-refractivity contribution >= 4 is 11.8 Å². The number of carbonyl (C=O) groups is 2. The summed E-state index contributed by atoms with van der Waals surface area (Å²) in [7, 11) is 3.31. The molecule has 0 radical (unpaired) electrons. The Morgan fingerprint density at radius 3 is 2.67 bits per heavy atom. The summed E-state index contributed by atoms with van der Waals surface area (Å²) in [6.45, 7) is 7.09. The fraction of sp³-hybridized carbons (Fsp3) is 0.870. The van der Waals surface area contributed by atoms with E-state index in [9.17, 15) is 14.7 Å². The van der Waals surface area contributed by atoms with Crippen molar-refractivity contribution in [2.45, 2.75) is 71.4 Å². The third-order valence-electron chi connectivity index (χ3n) is 7.73. The summed E-state index contributed by atoms with van der Waals surface area (Å²) in [5.41, 5.74) is 0.0264. The Morgan fingerprint density at radius 2 is 2.03 bits per heavy atom. The molecule has 2 fully saturated rings. The summed E-state index contributed by atoms with van der Waals surface area (Å²) in [5.74, 6) is -0.251. The first-order valence-electron chi connectivity index (χ1n) is 11.2. The number of rotatable bonds is 8. The number of aliphatic hydroxyl groups excluding tert-OH is 1.